The molecule has 0 saturated carbocycles. The van der Waals surface area contributed by atoms with Crippen molar-refractivity contribution in [1.82, 2.24) is 15.0 Å². The summed E-state index contributed by atoms with van der Waals surface area (Å²) >= 11 is 0. The van der Waals surface area contributed by atoms with Crippen LogP contribution in [0.25, 0.3) is 22.2 Å². The van der Waals surface area contributed by atoms with Crippen molar-refractivity contribution in [3.63, 3.8) is 0 Å². The van der Waals surface area contributed by atoms with Gasteiger partial charge in [-0.05, 0) is 42.8 Å². The summed E-state index contributed by atoms with van der Waals surface area (Å²) in [7, 11) is 1.56. The first kappa shape index (κ1) is 27.4. The lowest BCUT2D eigenvalue weighted by Crippen LogP contribution is -2.23. The number of fused-ring (bicyclic) bond motifs is 1. The lowest BCUT2D eigenvalue weighted by atomic mass is 10.0. The van der Waals surface area contributed by atoms with E-state index in [1.165, 1.54) is 48.8 Å². The molecule has 0 aliphatic heterocycles. The van der Waals surface area contributed by atoms with Crippen LogP contribution in [0.3, 0.4) is 0 Å². The van der Waals surface area contributed by atoms with Crippen LogP contribution in [-0.2, 0) is 4.74 Å². The Morgan fingerprint density at radius 2 is 1.80 bits per heavy atom. The minimum atomic E-state index is -0.759. The van der Waals surface area contributed by atoms with E-state index < -0.39 is 23.0 Å². The number of halogens is 2. The Kier molecular flexibility index (Phi) is 7.97. The van der Waals surface area contributed by atoms with E-state index in [-0.39, 0.29) is 28.3 Å². The number of carbonyl (C=O) groups is 1. The van der Waals surface area contributed by atoms with Crippen LogP contribution in [0.5, 0.6) is 17.4 Å². The Bertz CT molecular complexity index is 1790. The summed E-state index contributed by atoms with van der Waals surface area (Å²) in [5, 5.41) is 2.54. The summed E-state index contributed by atoms with van der Waals surface area (Å²) in [4.78, 5) is 37.7. The van der Waals surface area contributed by atoms with Crippen molar-refractivity contribution in [3.05, 3.63) is 106 Å². The summed E-state index contributed by atoms with van der Waals surface area (Å²) in [6, 6.07) is 14.2. The quantitative estimate of drug-likeness (QED) is 0.225. The van der Waals surface area contributed by atoms with Crippen LogP contribution in [-0.4, -0.2) is 41.2 Å². The molecule has 9 nitrogen and oxygen atoms in total. The second-order valence-corrected chi connectivity index (χ2v) is 8.91. The molecule has 0 saturated heterocycles. The molecule has 0 fully saturated rings. The number of hydrogen-bond acceptors (Lipinski definition) is 7. The second-order valence-electron chi connectivity index (χ2n) is 8.91. The fraction of sp³-hybridized carbons (Fsp3) is 0.133. The maximum Gasteiger partial charge on any atom is 0.261 e. The molecule has 41 heavy (non-hydrogen) atoms. The van der Waals surface area contributed by atoms with Crippen LogP contribution in [0, 0.1) is 18.6 Å². The molecule has 1 amide bonds. The third-order valence-corrected chi connectivity index (χ3v) is 6.13. The molecule has 0 bridgehead atoms. The minimum Gasteiger partial charge on any atom is -0.475 e. The number of anilines is 1. The van der Waals surface area contributed by atoms with Gasteiger partial charge in [0.15, 0.2) is 17.3 Å². The highest BCUT2D eigenvalue weighted by molar-refractivity contribution is 6.04. The Morgan fingerprint density at radius 3 is 2.56 bits per heavy atom. The van der Waals surface area contributed by atoms with E-state index >= 15 is 4.39 Å². The molecule has 0 spiro atoms. The highest BCUT2D eigenvalue weighted by Gasteiger charge is 2.18. The monoisotopic (exact) mass is 558 g/mol. The average molecular weight is 559 g/mol. The Balaban J connectivity index is 1.36. The number of amides is 1. The van der Waals surface area contributed by atoms with Crippen molar-refractivity contribution >= 4 is 22.6 Å². The SMILES string of the molecule is COCCOc1ccc2nccc(Oc3ccc(NC(=O)c4c[nH]c(C)c(-c5ccc(F)cc5)c4=O)cc3F)c2n1. The molecule has 0 unspecified atom stereocenters. The molecule has 5 aromatic rings. The van der Waals surface area contributed by atoms with Gasteiger partial charge in [0.25, 0.3) is 5.91 Å². The molecule has 0 aliphatic carbocycles. The third-order valence-electron chi connectivity index (χ3n) is 6.13. The number of carbonyl (C=O) groups excluding carboxylic acids is 1. The second kappa shape index (κ2) is 11.9. The zero-order chi connectivity index (χ0) is 28.9. The number of benzene rings is 2. The molecule has 0 radical (unpaired) electrons. The average Bonchev–Trinajstić information content (AvgIpc) is 2.96. The van der Waals surface area contributed by atoms with E-state index in [0.29, 0.717) is 41.4 Å². The number of aromatic nitrogens is 3. The van der Waals surface area contributed by atoms with Gasteiger partial charge in [-0.2, -0.15) is 0 Å². The van der Waals surface area contributed by atoms with E-state index in [0.717, 1.165) is 6.07 Å². The van der Waals surface area contributed by atoms with Crippen molar-refractivity contribution in [1.29, 1.82) is 0 Å². The van der Waals surface area contributed by atoms with E-state index in [9.17, 15) is 14.0 Å². The number of aryl methyl sites for hydroxylation is 1. The summed E-state index contributed by atoms with van der Waals surface area (Å²) in [5.74, 6) is -1.48. The van der Waals surface area contributed by atoms with Gasteiger partial charge in [0.2, 0.25) is 11.3 Å². The van der Waals surface area contributed by atoms with Gasteiger partial charge in [-0.1, -0.05) is 12.1 Å². The lowest BCUT2D eigenvalue weighted by Gasteiger charge is -2.12. The third kappa shape index (κ3) is 6.04. The van der Waals surface area contributed by atoms with Crippen LogP contribution < -0.4 is 20.2 Å². The molecule has 208 valence electrons. The predicted molar refractivity (Wildman–Crippen MR) is 149 cm³/mol. The number of hydrogen-bond donors (Lipinski definition) is 2. The maximum atomic E-state index is 15.1. The smallest absolute Gasteiger partial charge is 0.261 e. The molecular weight excluding hydrogens is 534 g/mol. The molecule has 3 heterocycles. The fourth-order valence-corrected chi connectivity index (χ4v) is 4.11. The standard InChI is InChI=1S/C30H24F2N4O5/c1-17-27(18-3-5-19(31)6-4-18)29(37)21(16-34-17)30(38)35-20-7-9-24(22(32)15-20)41-25-11-12-33-23-8-10-26(36-28(23)25)40-14-13-39-2/h3-12,15-16H,13-14H2,1-2H3,(H,34,37)(H,35,38). The van der Waals surface area contributed by atoms with Crippen LogP contribution in [0.1, 0.15) is 16.1 Å². The summed E-state index contributed by atoms with van der Waals surface area (Å²) in [6.07, 6.45) is 2.79. The number of nitrogens with zero attached hydrogens (tertiary/aromatic N) is 2. The number of ether oxygens (including phenoxy) is 3. The zero-order valence-electron chi connectivity index (χ0n) is 22.0. The lowest BCUT2D eigenvalue weighted by molar-refractivity contribution is 0.102. The van der Waals surface area contributed by atoms with Gasteiger partial charge in [0.1, 0.15) is 23.5 Å². The first-order chi connectivity index (χ1) is 19.8. The Labute approximate surface area is 232 Å². The van der Waals surface area contributed by atoms with Gasteiger partial charge >= 0.3 is 0 Å². The maximum absolute atomic E-state index is 15.1. The zero-order valence-corrected chi connectivity index (χ0v) is 22.0. The molecule has 2 aromatic carbocycles. The largest absolute Gasteiger partial charge is 0.475 e. The van der Waals surface area contributed by atoms with E-state index in [4.69, 9.17) is 14.2 Å². The number of pyridine rings is 3. The van der Waals surface area contributed by atoms with Gasteiger partial charge in [-0.15, -0.1) is 0 Å². The number of H-pyrrole nitrogens is 1. The van der Waals surface area contributed by atoms with E-state index in [1.54, 1.807) is 32.2 Å². The molecule has 0 atom stereocenters. The van der Waals surface area contributed by atoms with Crippen molar-refractivity contribution < 1.29 is 27.8 Å². The van der Waals surface area contributed by atoms with Crippen molar-refractivity contribution in [2.24, 2.45) is 0 Å². The fourth-order valence-electron chi connectivity index (χ4n) is 4.11. The van der Waals surface area contributed by atoms with E-state index in [1.807, 2.05) is 0 Å². The highest BCUT2D eigenvalue weighted by Crippen LogP contribution is 2.31. The van der Waals surface area contributed by atoms with Crippen LogP contribution in [0.15, 0.2) is 77.9 Å². The number of nitrogens with one attached hydrogen (secondary N) is 2. The first-order valence-electron chi connectivity index (χ1n) is 12.5. The van der Waals surface area contributed by atoms with Gasteiger partial charge in [0.05, 0.1) is 12.1 Å². The number of aromatic amines is 1. The summed E-state index contributed by atoms with van der Waals surface area (Å²) in [5.41, 5.74) is 1.47. The van der Waals surface area contributed by atoms with Crippen LogP contribution in [0.4, 0.5) is 14.5 Å². The minimum absolute atomic E-state index is 0.106. The van der Waals surface area contributed by atoms with E-state index in [2.05, 4.69) is 20.3 Å². The Hall–Kier alpha value is -5.16. The summed E-state index contributed by atoms with van der Waals surface area (Å²) in [6.45, 7) is 2.36. The van der Waals surface area contributed by atoms with Gasteiger partial charge in [-0.3, -0.25) is 14.6 Å². The normalized spacial score (nSPS) is 10.9. The van der Waals surface area contributed by atoms with Crippen molar-refractivity contribution in [3.8, 4) is 28.5 Å². The molecule has 3 aromatic heterocycles. The van der Waals surface area contributed by atoms with Gasteiger partial charge in [0, 0.05) is 54.6 Å². The number of methoxy groups -OCH3 is 1. The Morgan fingerprint density at radius 1 is 1.00 bits per heavy atom. The van der Waals surface area contributed by atoms with Gasteiger partial charge < -0.3 is 24.5 Å². The summed E-state index contributed by atoms with van der Waals surface area (Å²) < 4.78 is 44.8. The molecule has 5 rings (SSSR count). The topological polar surface area (TPSA) is 115 Å². The molecule has 2 N–H and O–H groups in total. The molecular formula is C30H24F2N4O5. The first-order valence-corrected chi connectivity index (χ1v) is 12.5. The van der Waals surface area contributed by atoms with Crippen molar-refractivity contribution in [2.45, 2.75) is 6.92 Å². The highest BCUT2D eigenvalue weighted by atomic mass is 19.1. The van der Waals surface area contributed by atoms with Crippen LogP contribution >= 0.6 is 0 Å². The molecule has 11 heteroatoms. The molecule has 0 aliphatic rings. The predicted octanol–water partition coefficient (Wildman–Crippen LogP) is 5.64. The van der Waals surface area contributed by atoms with Crippen LogP contribution in [0.2, 0.25) is 0 Å². The number of rotatable bonds is 9. The van der Waals surface area contributed by atoms with Crippen molar-refractivity contribution in [2.75, 3.05) is 25.6 Å². The van der Waals surface area contributed by atoms with Gasteiger partial charge in [-0.25, -0.2) is 13.8 Å².